The van der Waals surface area contributed by atoms with Gasteiger partial charge in [0.2, 0.25) is 5.91 Å². The molecular formula is C62H119NO5. The van der Waals surface area contributed by atoms with Crippen molar-refractivity contribution in [1.29, 1.82) is 0 Å². The van der Waals surface area contributed by atoms with Crippen molar-refractivity contribution in [3.63, 3.8) is 0 Å². The predicted octanol–water partition coefficient (Wildman–Crippen LogP) is 19.0. The molecular weight excluding hydrogens is 839 g/mol. The molecule has 0 rings (SSSR count). The number of hydrogen-bond donors (Lipinski definition) is 3. The van der Waals surface area contributed by atoms with Crippen LogP contribution in [0.5, 0.6) is 0 Å². The molecule has 0 aromatic heterocycles. The van der Waals surface area contributed by atoms with Crippen LogP contribution in [0.3, 0.4) is 0 Å². The van der Waals surface area contributed by atoms with Gasteiger partial charge in [-0.25, -0.2) is 0 Å². The standard InChI is InChI=1S/C62H119NO5/c1-3-5-7-9-11-13-15-17-19-21-22-24-26-30-34-38-42-46-50-54-60(65)59(58-64)63-61(66)55-51-47-43-39-35-31-27-25-29-33-37-41-45-49-53-57-68-62(67)56-52-48-44-40-36-32-28-23-20-18-16-14-12-10-8-6-4-2/h12,14,18,20,59-60,64-65H,3-11,13,15-17,19,21-58H2,1-2H3,(H,63,66)/b14-12-,20-18-. The molecule has 0 aliphatic rings. The van der Waals surface area contributed by atoms with Gasteiger partial charge in [0.25, 0.3) is 0 Å². The molecule has 0 aliphatic carbocycles. The Kier molecular flexibility index (Phi) is 56.5. The fourth-order valence-corrected chi connectivity index (χ4v) is 9.55. The molecule has 0 saturated carbocycles. The zero-order valence-electron chi connectivity index (χ0n) is 45.9. The molecule has 2 atom stereocenters. The van der Waals surface area contributed by atoms with Gasteiger partial charge in [0.15, 0.2) is 0 Å². The highest BCUT2D eigenvalue weighted by atomic mass is 16.5. The van der Waals surface area contributed by atoms with Crippen LogP contribution >= 0.6 is 0 Å². The molecule has 0 radical (unpaired) electrons. The molecule has 2 unspecified atom stereocenters. The molecule has 0 saturated heterocycles. The Morgan fingerprint density at radius 3 is 1.15 bits per heavy atom. The minimum atomic E-state index is -0.671. The number of amides is 1. The van der Waals surface area contributed by atoms with E-state index in [2.05, 4.69) is 43.5 Å². The summed E-state index contributed by atoms with van der Waals surface area (Å²) in [5.74, 6) is -0.0472. The number of nitrogens with one attached hydrogen (secondary N) is 1. The molecule has 6 nitrogen and oxygen atoms in total. The number of carbonyl (C=O) groups excluding carboxylic acids is 2. The zero-order chi connectivity index (χ0) is 49.3. The average molecular weight is 959 g/mol. The van der Waals surface area contributed by atoms with Crippen LogP contribution in [-0.4, -0.2) is 47.4 Å². The van der Waals surface area contributed by atoms with Crippen LogP contribution in [0, 0.1) is 0 Å². The largest absolute Gasteiger partial charge is 0.466 e. The molecule has 0 fully saturated rings. The maximum absolute atomic E-state index is 12.5. The highest BCUT2D eigenvalue weighted by molar-refractivity contribution is 5.76. The third kappa shape index (κ3) is 53.7. The number of rotatable bonds is 57. The number of esters is 1. The molecule has 68 heavy (non-hydrogen) atoms. The Hall–Kier alpha value is -1.66. The van der Waals surface area contributed by atoms with Crippen molar-refractivity contribution in [3.8, 4) is 0 Å². The summed E-state index contributed by atoms with van der Waals surface area (Å²) in [6, 6.07) is -0.549. The van der Waals surface area contributed by atoms with Crippen molar-refractivity contribution in [1.82, 2.24) is 5.32 Å². The summed E-state index contributed by atoms with van der Waals surface area (Å²) in [5, 5.41) is 23.3. The minimum Gasteiger partial charge on any atom is -0.466 e. The summed E-state index contributed by atoms with van der Waals surface area (Å²) in [6.07, 6.45) is 70.3. The van der Waals surface area contributed by atoms with E-state index in [-0.39, 0.29) is 18.5 Å². The van der Waals surface area contributed by atoms with Crippen molar-refractivity contribution in [2.45, 2.75) is 347 Å². The summed E-state index contributed by atoms with van der Waals surface area (Å²) >= 11 is 0. The first-order valence-electron chi connectivity index (χ1n) is 30.6. The van der Waals surface area contributed by atoms with Crippen LogP contribution in [0.4, 0.5) is 0 Å². The number of aliphatic hydroxyl groups excluding tert-OH is 2. The van der Waals surface area contributed by atoms with Crippen molar-refractivity contribution in [2.24, 2.45) is 0 Å². The number of allylic oxidation sites excluding steroid dienone is 4. The summed E-state index contributed by atoms with van der Waals surface area (Å²) in [5.41, 5.74) is 0. The lowest BCUT2D eigenvalue weighted by molar-refractivity contribution is -0.143. The average Bonchev–Trinajstić information content (AvgIpc) is 3.34. The fourth-order valence-electron chi connectivity index (χ4n) is 9.55. The van der Waals surface area contributed by atoms with Crippen molar-refractivity contribution >= 4 is 11.9 Å². The Bertz CT molecular complexity index is 1060. The molecule has 6 heteroatoms. The first kappa shape index (κ1) is 66.3. The normalized spacial score (nSPS) is 12.7. The molecule has 3 N–H and O–H groups in total. The number of carbonyl (C=O) groups is 2. The highest BCUT2D eigenvalue weighted by Crippen LogP contribution is 2.18. The van der Waals surface area contributed by atoms with E-state index in [9.17, 15) is 19.8 Å². The lowest BCUT2D eigenvalue weighted by Crippen LogP contribution is -2.45. The molecule has 0 heterocycles. The zero-order valence-corrected chi connectivity index (χ0v) is 45.9. The van der Waals surface area contributed by atoms with Crippen LogP contribution in [0.2, 0.25) is 0 Å². The monoisotopic (exact) mass is 958 g/mol. The number of unbranched alkanes of at least 4 members (excludes halogenated alkanes) is 42. The van der Waals surface area contributed by atoms with E-state index in [1.807, 2.05) is 0 Å². The maximum Gasteiger partial charge on any atom is 0.305 e. The van der Waals surface area contributed by atoms with E-state index in [0.29, 0.717) is 25.9 Å². The van der Waals surface area contributed by atoms with Gasteiger partial charge in [0, 0.05) is 12.8 Å². The van der Waals surface area contributed by atoms with E-state index in [0.717, 1.165) is 57.8 Å². The Morgan fingerprint density at radius 1 is 0.412 bits per heavy atom. The number of aliphatic hydroxyl groups is 2. The van der Waals surface area contributed by atoms with E-state index >= 15 is 0 Å². The first-order chi connectivity index (χ1) is 33.5. The first-order valence-corrected chi connectivity index (χ1v) is 30.6. The highest BCUT2D eigenvalue weighted by Gasteiger charge is 2.20. The summed E-state index contributed by atoms with van der Waals surface area (Å²) in [6.45, 7) is 4.93. The van der Waals surface area contributed by atoms with Crippen LogP contribution < -0.4 is 5.32 Å². The summed E-state index contributed by atoms with van der Waals surface area (Å²) in [7, 11) is 0. The maximum atomic E-state index is 12.5. The number of hydrogen-bond acceptors (Lipinski definition) is 5. The third-order valence-electron chi connectivity index (χ3n) is 14.3. The van der Waals surface area contributed by atoms with Gasteiger partial charge in [-0.15, -0.1) is 0 Å². The van der Waals surface area contributed by atoms with Gasteiger partial charge in [0.05, 0.1) is 25.4 Å². The van der Waals surface area contributed by atoms with Crippen LogP contribution in [0.15, 0.2) is 24.3 Å². The van der Waals surface area contributed by atoms with E-state index in [1.165, 1.54) is 244 Å². The molecule has 0 aromatic carbocycles. The van der Waals surface area contributed by atoms with E-state index in [1.54, 1.807) is 0 Å². The van der Waals surface area contributed by atoms with E-state index < -0.39 is 12.1 Å². The predicted molar refractivity (Wildman–Crippen MR) is 296 cm³/mol. The molecule has 1 amide bonds. The van der Waals surface area contributed by atoms with Gasteiger partial charge in [-0.2, -0.15) is 0 Å². The number of ether oxygens (including phenoxy) is 1. The van der Waals surface area contributed by atoms with Gasteiger partial charge in [-0.3, -0.25) is 9.59 Å². The van der Waals surface area contributed by atoms with Gasteiger partial charge < -0.3 is 20.3 Å². The lowest BCUT2D eigenvalue weighted by atomic mass is 10.0. The van der Waals surface area contributed by atoms with Gasteiger partial charge in [-0.1, -0.05) is 289 Å². The van der Waals surface area contributed by atoms with Gasteiger partial charge in [0.1, 0.15) is 0 Å². The summed E-state index contributed by atoms with van der Waals surface area (Å²) < 4.78 is 5.48. The van der Waals surface area contributed by atoms with Crippen molar-refractivity contribution in [3.05, 3.63) is 24.3 Å². The smallest absolute Gasteiger partial charge is 0.305 e. The molecule has 0 aliphatic heterocycles. The van der Waals surface area contributed by atoms with Crippen molar-refractivity contribution in [2.75, 3.05) is 13.2 Å². The SMILES string of the molecule is CCCCC/C=C\C/C=C\CCCCCCCCCC(=O)OCCCCCCCCCCCCCCCCCC(=O)NC(CO)C(O)CCCCCCCCCCCCCCCCCCCCC. The van der Waals surface area contributed by atoms with Gasteiger partial charge >= 0.3 is 5.97 Å². The molecule has 0 spiro atoms. The third-order valence-corrected chi connectivity index (χ3v) is 14.3. The minimum absolute atomic E-state index is 0.00630. The Morgan fingerprint density at radius 2 is 0.735 bits per heavy atom. The fraction of sp³-hybridized carbons (Fsp3) is 0.903. The second kappa shape index (κ2) is 57.9. The van der Waals surface area contributed by atoms with Crippen molar-refractivity contribution < 1.29 is 24.5 Å². The molecule has 0 aromatic rings. The second-order valence-corrected chi connectivity index (χ2v) is 21.0. The lowest BCUT2D eigenvalue weighted by Gasteiger charge is -2.22. The molecule has 0 bridgehead atoms. The Labute approximate surface area is 424 Å². The molecule has 402 valence electrons. The van der Waals surface area contributed by atoms with Gasteiger partial charge in [-0.05, 0) is 57.8 Å². The van der Waals surface area contributed by atoms with Crippen LogP contribution in [-0.2, 0) is 14.3 Å². The second-order valence-electron chi connectivity index (χ2n) is 21.0. The summed E-state index contributed by atoms with van der Waals surface area (Å²) in [4.78, 5) is 24.6. The van der Waals surface area contributed by atoms with E-state index in [4.69, 9.17) is 4.74 Å². The van der Waals surface area contributed by atoms with Crippen LogP contribution in [0.1, 0.15) is 335 Å². The quantitative estimate of drug-likeness (QED) is 0.0321. The van der Waals surface area contributed by atoms with Crippen LogP contribution in [0.25, 0.3) is 0 Å². The topological polar surface area (TPSA) is 95.9 Å². The Balaban J connectivity index is 3.43.